The van der Waals surface area contributed by atoms with Crippen molar-refractivity contribution in [3.05, 3.63) is 12.1 Å². The summed E-state index contributed by atoms with van der Waals surface area (Å²) in [6.07, 6.45) is 2.02. The van der Waals surface area contributed by atoms with Crippen LogP contribution in [0.3, 0.4) is 0 Å². The molecule has 6 nitrogen and oxygen atoms in total. The molecule has 0 radical (unpaired) electrons. The van der Waals surface area contributed by atoms with Crippen LogP contribution in [-0.4, -0.2) is 55.9 Å². The SMILES string of the molecule is CCCOc1nc(NCCCN2CCOCC2)ccc1N. The highest BCUT2D eigenvalue weighted by Crippen LogP contribution is 2.20. The van der Waals surface area contributed by atoms with Gasteiger partial charge in [-0.3, -0.25) is 4.90 Å². The minimum atomic E-state index is 0.523. The Morgan fingerprint density at radius 1 is 1.38 bits per heavy atom. The number of ether oxygens (including phenoxy) is 2. The molecule has 2 rings (SSSR count). The summed E-state index contributed by atoms with van der Waals surface area (Å²) in [5.41, 5.74) is 6.43. The molecule has 6 heteroatoms. The van der Waals surface area contributed by atoms with E-state index >= 15 is 0 Å². The molecule has 21 heavy (non-hydrogen) atoms. The molecule has 1 fully saturated rings. The molecule has 0 unspecified atom stereocenters. The van der Waals surface area contributed by atoms with Gasteiger partial charge in [0.25, 0.3) is 0 Å². The fraction of sp³-hybridized carbons (Fsp3) is 0.667. The monoisotopic (exact) mass is 294 g/mol. The van der Waals surface area contributed by atoms with Crippen molar-refractivity contribution in [2.75, 3.05) is 57.1 Å². The third-order valence-electron chi connectivity index (χ3n) is 3.39. The number of anilines is 2. The number of hydrogen-bond acceptors (Lipinski definition) is 6. The van der Waals surface area contributed by atoms with Crippen molar-refractivity contribution in [2.45, 2.75) is 19.8 Å². The van der Waals surface area contributed by atoms with Gasteiger partial charge in [-0.1, -0.05) is 6.92 Å². The van der Waals surface area contributed by atoms with Gasteiger partial charge in [-0.25, -0.2) is 0 Å². The van der Waals surface area contributed by atoms with Gasteiger partial charge in [-0.2, -0.15) is 4.98 Å². The maximum atomic E-state index is 5.85. The zero-order valence-electron chi connectivity index (χ0n) is 12.8. The van der Waals surface area contributed by atoms with Crippen molar-refractivity contribution in [1.82, 2.24) is 9.88 Å². The Morgan fingerprint density at radius 2 is 2.19 bits per heavy atom. The Morgan fingerprint density at radius 3 is 2.95 bits per heavy atom. The van der Waals surface area contributed by atoms with Gasteiger partial charge in [0.2, 0.25) is 5.88 Å². The summed E-state index contributed by atoms with van der Waals surface area (Å²) in [5.74, 6) is 1.34. The van der Waals surface area contributed by atoms with Crippen LogP contribution in [-0.2, 0) is 4.74 Å². The summed E-state index contributed by atoms with van der Waals surface area (Å²) in [5, 5.41) is 3.32. The number of hydrogen-bond donors (Lipinski definition) is 2. The lowest BCUT2D eigenvalue weighted by atomic mass is 10.3. The van der Waals surface area contributed by atoms with E-state index in [0.717, 1.165) is 58.1 Å². The highest BCUT2D eigenvalue weighted by atomic mass is 16.5. The smallest absolute Gasteiger partial charge is 0.239 e. The van der Waals surface area contributed by atoms with E-state index in [4.69, 9.17) is 15.2 Å². The molecule has 0 spiro atoms. The fourth-order valence-corrected chi connectivity index (χ4v) is 2.21. The first-order valence-corrected chi connectivity index (χ1v) is 7.73. The fourth-order valence-electron chi connectivity index (χ4n) is 2.21. The van der Waals surface area contributed by atoms with Crippen LogP contribution in [0.4, 0.5) is 11.5 Å². The lowest BCUT2D eigenvalue weighted by Gasteiger charge is -2.26. The molecule has 1 aliphatic rings. The number of morpholine rings is 1. The number of nitrogen functional groups attached to an aromatic ring is 1. The maximum absolute atomic E-state index is 5.85. The van der Waals surface area contributed by atoms with Crippen LogP contribution in [0.2, 0.25) is 0 Å². The Bertz CT molecular complexity index is 422. The minimum absolute atomic E-state index is 0.523. The van der Waals surface area contributed by atoms with Gasteiger partial charge >= 0.3 is 0 Å². The number of pyridine rings is 1. The number of nitrogens with two attached hydrogens (primary N) is 1. The second kappa shape index (κ2) is 8.69. The van der Waals surface area contributed by atoms with Crippen LogP contribution in [0.5, 0.6) is 5.88 Å². The van der Waals surface area contributed by atoms with Crippen molar-refractivity contribution in [2.24, 2.45) is 0 Å². The number of aromatic nitrogens is 1. The van der Waals surface area contributed by atoms with Crippen LogP contribution in [0.15, 0.2) is 12.1 Å². The summed E-state index contributed by atoms with van der Waals surface area (Å²) < 4.78 is 10.9. The van der Waals surface area contributed by atoms with Crippen LogP contribution in [0.25, 0.3) is 0 Å². The largest absolute Gasteiger partial charge is 0.476 e. The summed E-state index contributed by atoms with van der Waals surface area (Å²) in [7, 11) is 0. The molecular formula is C15H26N4O2. The lowest BCUT2D eigenvalue weighted by molar-refractivity contribution is 0.0378. The first-order chi connectivity index (χ1) is 10.3. The molecular weight excluding hydrogens is 268 g/mol. The summed E-state index contributed by atoms with van der Waals surface area (Å²) >= 11 is 0. The minimum Gasteiger partial charge on any atom is -0.476 e. The van der Waals surface area contributed by atoms with Crippen LogP contribution >= 0.6 is 0 Å². The Hall–Kier alpha value is -1.53. The van der Waals surface area contributed by atoms with Gasteiger partial charge in [0, 0.05) is 19.6 Å². The Balaban J connectivity index is 1.72. The van der Waals surface area contributed by atoms with Gasteiger partial charge < -0.3 is 20.5 Å². The van der Waals surface area contributed by atoms with Crippen LogP contribution < -0.4 is 15.8 Å². The molecule has 0 bridgehead atoms. The average molecular weight is 294 g/mol. The second-order valence-corrected chi connectivity index (χ2v) is 5.17. The topological polar surface area (TPSA) is 72.6 Å². The predicted molar refractivity (Wildman–Crippen MR) is 84.8 cm³/mol. The zero-order chi connectivity index (χ0) is 14.9. The van der Waals surface area contributed by atoms with Crippen molar-refractivity contribution < 1.29 is 9.47 Å². The van der Waals surface area contributed by atoms with E-state index in [0.29, 0.717) is 18.2 Å². The van der Waals surface area contributed by atoms with Gasteiger partial charge in [-0.15, -0.1) is 0 Å². The molecule has 1 aromatic rings. The van der Waals surface area contributed by atoms with Crippen molar-refractivity contribution >= 4 is 11.5 Å². The third kappa shape index (κ3) is 5.40. The maximum Gasteiger partial charge on any atom is 0.239 e. The van der Waals surface area contributed by atoms with Gasteiger partial charge in [0.05, 0.1) is 25.5 Å². The quantitative estimate of drug-likeness (QED) is 0.709. The van der Waals surface area contributed by atoms with E-state index in [-0.39, 0.29) is 0 Å². The van der Waals surface area contributed by atoms with Crippen molar-refractivity contribution in [3.63, 3.8) is 0 Å². The van der Waals surface area contributed by atoms with Crippen LogP contribution in [0, 0.1) is 0 Å². The van der Waals surface area contributed by atoms with E-state index in [2.05, 4.69) is 22.1 Å². The number of nitrogens with zero attached hydrogens (tertiary/aromatic N) is 2. The summed E-state index contributed by atoms with van der Waals surface area (Å²) in [4.78, 5) is 6.83. The molecule has 1 aromatic heterocycles. The van der Waals surface area contributed by atoms with E-state index in [1.807, 2.05) is 12.1 Å². The Labute approximate surface area is 126 Å². The molecule has 3 N–H and O–H groups in total. The predicted octanol–water partition coefficient (Wildman–Crippen LogP) is 1.59. The molecule has 0 saturated carbocycles. The second-order valence-electron chi connectivity index (χ2n) is 5.17. The highest BCUT2D eigenvalue weighted by Gasteiger charge is 2.09. The zero-order valence-corrected chi connectivity index (χ0v) is 12.8. The van der Waals surface area contributed by atoms with Crippen LogP contribution in [0.1, 0.15) is 19.8 Å². The van der Waals surface area contributed by atoms with Crippen molar-refractivity contribution in [1.29, 1.82) is 0 Å². The summed E-state index contributed by atoms with van der Waals surface area (Å²) in [6, 6.07) is 3.73. The number of nitrogens with one attached hydrogen (secondary N) is 1. The molecule has 0 aromatic carbocycles. The molecule has 0 amide bonds. The van der Waals surface area contributed by atoms with E-state index < -0.39 is 0 Å². The van der Waals surface area contributed by atoms with Gasteiger partial charge in [0.1, 0.15) is 5.82 Å². The standard InChI is InChI=1S/C15H26N4O2/c1-2-10-21-15-13(16)4-5-14(18-15)17-6-3-7-19-8-11-20-12-9-19/h4-5H,2-3,6-12,16H2,1H3,(H,17,18). The normalized spacial score (nSPS) is 15.9. The van der Waals surface area contributed by atoms with E-state index in [9.17, 15) is 0 Å². The van der Waals surface area contributed by atoms with E-state index in [1.54, 1.807) is 0 Å². The molecule has 2 heterocycles. The molecule has 1 aliphatic heterocycles. The van der Waals surface area contributed by atoms with Crippen molar-refractivity contribution in [3.8, 4) is 5.88 Å². The average Bonchev–Trinajstić information content (AvgIpc) is 2.52. The highest BCUT2D eigenvalue weighted by molar-refractivity contribution is 5.53. The lowest BCUT2D eigenvalue weighted by Crippen LogP contribution is -2.37. The summed E-state index contributed by atoms with van der Waals surface area (Å²) in [6.45, 7) is 8.45. The molecule has 1 saturated heterocycles. The third-order valence-corrected chi connectivity index (χ3v) is 3.39. The molecule has 118 valence electrons. The first-order valence-electron chi connectivity index (χ1n) is 7.73. The van der Waals surface area contributed by atoms with Gasteiger partial charge in [0.15, 0.2) is 0 Å². The molecule has 0 aliphatic carbocycles. The number of rotatable bonds is 8. The first kappa shape index (κ1) is 15.9. The van der Waals surface area contributed by atoms with Gasteiger partial charge in [-0.05, 0) is 31.5 Å². The van der Waals surface area contributed by atoms with E-state index in [1.165, 1.54) is 0 Å². The molecule has 0 atom stereocenters. The Kier molecular flexibility index (Phi) is 6.56.